The van der Waals surface area contributed by atoms with Gasteiger partial charge in [0.05, 0.1) is 74.2 Å². The van der Waals surface area contributed by atoms with Gasteiger partial charge in [-0.2, -0.15) is 15.8 Å². The van der Waals surface area contributed by atoms with Crippen molar-refractivity contribution in [3.8, 4) is 18.2 Å². The van der Waals surface area contributed by atoms with Crippen LogP contribution in [0.5, 0.6) is 0 Å². The van der Waals surface area contributed by atoms with Crippen LogP contribution in [-0.4, -0.2) is 79.7 Å². The number of esters is 4. The SMILES string of the molecule is BrBr.[C-]#[N+]/C(C(=O)OC)=c1\cc(C(=C)COOC)/c(=C(/C#N)C(=O)OC)cc1CCC(=O)OC.[C-]#[N+]Cc1cc(Br)c(CC#N)cc1Br.[C-]#[N+]Cc1cc(C(=C)COOC)c(CC#N)cc1CCC(=O)OC. The number of nitrogens with zero attached hydrogens (tertiary/aromatic N) is 6. The summed E-state index contributed by atoms with van der Waals surface area (Å²) < 4.78 is 20.5. The zero-order valence-electron chi connectivity index (χ0n) is 40.0. The molecule has 22 heteroatoms. The van der Waals surface area contributed by atoms with Gasteiger partial charge in [-0.3, -0.25) is 14.4 Å². The van der Waals surface area contributed by atoms with Crippen molar-refractivity contribution < 1.29 is 57.7 Å². The summed E-state index contributed by atoms with van der Waals surface area (Å²) in [5, 5.41) is 27.5. The Bertz CT molecular complexity index is 2790. The van der Waals surface area contributed by atoms with Crippen LogP contribution >= 0.6 is 60.1 Å². The molecule has 378 valence electrons. The summed E-state index contributed by atoms with van der Waals surface area (Å²) in [5.41, 5.74) is 5.95. The van der Waals surface area contributed by atoms with E-state index in [0.717, 1.165) is 56.5 Å². The molecule has 3 aromatic rings. The molecule has 0 N–H and O–H groups in total. The summed E-state index contributed by atoms with van der Waals surface area (Å²) in [6, 6.07) is 16.3. The fraction of sp³-hybridized carbons (Fsp3) is 0.320. The lowest BCUT2D eigenvalue weighted by molar-refractivity contribution is -0.261. The Kier molecular flexibility index (Phi) is 33.9. The topological polar surface area (TPSA) is 227 Å². The summed E-state index contributed by atoms with van der Waals surface area (Å²) in [4.78, 5) is 76.5. The molecule has 3 aromatic carbocycles. The van der Waals surface area contributed by atoms with Gasteiger partial charge in [0.15, 0.2) is 0 Å². The fourth-order valence-electron chi connectivity index (χ4n) is 6.12. The molecule has 0 amide bonds. The van der Waals surface area contributed by atoms with E-state index in [1.807, 2.05) is 24.3 Å². The molecule has 3 rings (SSSR count). The molecule has 0 radical (unpaired) electrons. The summed E-state index contributed by atoms with van der Waals surface area (Å²) in [5.74, 6) is -2.63. The molecule has 0 aliphatic carbocycles. The maximum atomic E-state index is 12.2. The monoisotopic (exact) mass is 1240 g/mol. The highest BCUT2D eigenvalue weighted by Gasteiger charge is 2.20. The molecule has 72 heavy (non-hydrogen) atoms. The molecule has 0 aliphatic heterocycles. The molecule has 0 atom stereocenters. The Morgan fingerprint density at radius 1 is 0.583 bits per heavy atom. The summed E-state index contributed by atoms with van der Waals surface area (Å²) >= 11 is 12.3. The lowest BCUT2D eigenvalue weighted by Crippen LogP contribution is -2.27. The first-order valence-corrected chi connectivity index (χ1v) is 25.7. The smallest absolute Gasteiger partial charge is 0.349 e. The number of hydrogen-bond donors (Lipinski definition) is 0. The van der Waals surface area contributed by atoms with E-state index in [4.69, 9.17) is 49.5 Å². The first-order valence-electron chi connectivity index (χ1n) is 20.4. The molecule has 0 heterocycles. The molecule has 0 spiro atoms. The average Bonchev–Trinajstić information content (AvgIpc) is 3.39. The van der Waals surface area contributed by atoms with Gasteiger partial charge in [-0.05, 0) is 80.8 Å². The van der Waals surface area contributed by atoms with Crippen molar-refractivity contribution in [2.75, 3.05) is 55.9 Å². The number of benzene rings is 3. The zero-order chi connectivity index (χ0) is 54.8. The molecule has 0 bridgehead atoms. The predicted molar refractivity (Wildman–Crippen MR) is 279 cm³/mol. The van der Waals surface area contributed by atoms with Crippen LogP contribution in [0.4, 0.5) is 0 Å². The van der Waals surface area contributed by atoms with Crippen molar-refractivity contribution in [3.05, 3.63) is 148 Å². The number of halogens is 4. The maximum absolute atomic E-state index is 12.2. The zero-order valence-corrected chi connectivity index (χ0v) is 46.4. The van der Waals surface area contributed by atoms with Gasteiger partial charge in [0.1, 0.15) is 24.9 Å². The number of carbonyl (C=O) groups excluding carboxylic acids is 4. The molecule has 0 aliphatic rings. The van der Waals surface area contributed by atoms with E-state index in [1.165, 1.54) is 40.6 Å². The third-order valence-electron chi connectivity index (χ3n) is 9.55. The van der Waals surface area contributed by atoms with Crippen molar-refractivity contribution in [2.45, 2.75) is 51.6 Å². The maximum Gasteiger partial charge on any atom is 0.349 e. The van der Waals surface area contributed by atoms with Gasteiger partial charge < -0.3 is 28.6 Å². The van der Waals surface area contributed by atoms with Crippen molar-refractivity contribution in [1.29, 1.82) is 15.8 Å². The quantitative estimate of drug-likeness (QED) is 0.0339. The molecule has 0 saturated carbocycles. The van der Waals surface area contributed by atoms with E-state index in [2.05, 4.69) is 119 Å². The Morgan fingerprint density at radius 2 is 1.07 bits per heavy atom. The standard InChI is InChI=1S/C22H22N2O8.C18H20N2O4.C10H6Br2N2.Br2/c1-13(12-32-31-6)15-10-16(20(24-2)22(27)30-5)14(7-8-19(25)28-3)9-17(15)18(11-23)21(26)29-4;1-13(12-24-23-4)17-10-16(11-20-2)14(5-6-18(21)22-3)9-15(17)7-8-19;1-14-6-8-5-9(11)7(2-3-13)4-10(8)12;1-2/h9-10H,1,7-8,12H2,3-6H3;9-10H,1,5-7,11-12H2,3-4H3;4-5H,2,6H2;/b18-17-,20-16+;;;. The van der Waals surface area contributed by atoms with Crippen LogP contribution in [0.15, 0.2) is 58.5 Å². The number of ether oxygens (including phenoxy) is 4. The molecule has 0 aromatic heterocycles. The fourth-order valence-corrected chi connectivity index (χ4v) is 7.16. The van der Waals surface area contributed by atoms with E-state index < -0.39 is 17.9 Å². The highest BCUT2D eigenvalue weighted by molar-refractivity contribution is 9.93. The van der Waals surface area contributed by atoms with E-state index in [-0.39, 0.29) is 84.3 Å². The number of carbonyl (C=O) groups is 4. The van der Waals surface area contributed by atoms with Gasteiger partial charge in [-0.15, -0.1) is 0 Å². The van der Waals surface area contributed by atoms with Crippen molar-refractivity contribution >= 4 is 106 Å². The van der Waals surface area contributed by atoms with Crippen molar-refractivity contribution in [2.24, 2.45) is 0 Å². The summed E-state index contributed by atoms with van der Waals surface area (Å²) in [6.07, 6.45) is 1.22. The second-order valence-electron chi connectivity index (χ2n) is 13.8. The average molecular weight is 1240 g/mol. The number of rotatable bonds is 20. The minimum absolute atomic E-state index is 0.0478. The largest absolute Gasteiger partial charge is 0.474 e. The van der Waals surface area contributed by atoms with Crippen LogP contribution in [0.3, 0.4) is 0 Å². The Morgan fingerprint density at radius 3 is 1.54 bits per heavy atom. The lowest BCUT2D eigenvalue weighted by Gasteiger charge is -2.14. The van der Waals surface area contributed by atoms with Crippen LogP contribution in [0.2, 0.25) is 0 Å². The van der Waals surface area contributed by atoms with Gasteiger partial charge >= 0.3 is 23.9 Å². The van der Waals surface area contributed by atoms with Gasteiger partial charge in [-0.1, -0.05) is 63.2 Å². The number of aryl methyl sites for hydroxylation is 2. The molecule has 0 saturated heterocycles. The third kappa shape index (κ3) is 21.4. The summed E-state index contributed by atoms with van der Waals surface area (Å²) in [7, 11) is 7.51. The second kappa shape index (κ2) is 37.3. The molecule has 0 unspecified atom stereocenters. The van der Waals surface area contributed by atoms with Crippen LogP contribution < -0.4 is 10.4 Å². The summed E-state index contributed by atoms with van der Waals surface area (Å²) in [6.45, 7) is 29.7. The Hall–Kier alpha value is -6.54. The normalized spacial score (nSPS) is 10.4. The van der Waals surface area contributed by atoms with Gasteiger partial charge in [0.2, 0.25) is 13.1 Å². The van der Waals surface area contributed by atoms with Crippen molar-refractivity contribution in [1.82, 2.24) is 0 Å². The Labute approximate surface area is 450 Å². The van der Waals surface area contributed by atoms with Gasteiger partial charge in [0, 0.05) is 66.4 Å². The molecular weight excluding hydrogens is 1200 g/mol. The number of nitriles is 3. The van der Waals surface area contributed by atoms with E-state index >= 15 is 0 Å². The number of methoxy groups -OCH3 is 4. The Balaban J connectivity index is 0.00000110. The second-order valence-corrected chi connectivity index (χ2v) is 15.5. The molecular formula is C50H48Br4N6O12. The van der Waals surface area contributed by atoms with Gasteiger partial charge in [0.25, 0.3) is 5.70 Å². The predicted octanol–water partition coefficient (Wildman–Crippen LogP) is 8.69. The van der Waals surface area contributed by atoms with Crippen LogP contribution in [0.1, 0.15) is 57.3 Å². The van der Waals surface area contributed by atoms with E-state index in [1.54, 1.807) is 6.07 Å². The molecule has 18 nitrogen and oxygen atoms in total. The minimum atomic E-state index is -0.900. The minimum Gasteiger partial charge on any atom is -0.474 e. The first-order chi connectivity index (χ1) is 34.5. The van der Waals surface area contributed by atoms with E-state index in [9.17, 15) is 24.4 Å². The number of hydrogen-bond acceptors (Lipinski definition) is 15. The van der Waals surface area contributed by atoms with Crippen molar-refractivity contribution in [3.63, 3.8) is 0 Å². The molecule has 0 fully saturated rings. The van der Waals surface area contributed by atoms with Crippen LogP contribution in [-0.2, 0) is 96.4 Å². The highest BCUT2D eigenvalue weighted by Crippen LogP contribution is 2.28. The first kappa shape index (κ1) is 65.5. The highest BCUT2D eigenvalue weighted by atomic mass is 80.9. The third-order valence-corrected chi connectivity index (χ3v) is 11.0. The van der Waals surface area contributed by atoms with Crippen LogP contribution in [0.25, 0.3) is 37.0 Å². The van der Waals surface area contributed by atoms with Crippen LogP contribution in [0, 0.1) is 53.7 Å². The lowest BCUT2D eigenvalue weighted by atomic mass is 9.91. The van der Waals surface area contributed by atoms with Gasteiger partial charge in [-0.25, -0.2) is 42.3 Å². The van der Waals surface area contributed by atoms with E-state index in [0.29, 0.717) is 30.5 Å².